The van der Waals surface area contributed by atoms with Crippen molar-refractivity contribution in [1.82, 2.24) is 4.98 Å². The van der Waals surface area contributed by atoms with E-state index in [9.17, 15) is 19.8 Å². The van der Waals surface area contributed by atoms with Crippen LogP contribution in [0.1, 0.15) is 11.7 Å². The second-order valence-corrected chi connectivity index (χ2v) is 4.74. The lowest BCUT2D eigenvalue weighted by Gasteiger charge is -2.13. The van der Waals surface area contributed by atoms with Gasteiger partial charge in [0.25, 0.3) is 0 Å². The number of aliphatic carboxylic acids is 1. The molecular formula is C12H16N3O7+. The van der Waals surface area contributed by atoms with Gasteiger partial charge in [-0.3, -0.25) is 10.5 Å². The molecule has 10 heteroatoms. The summed E-state index contributed by atoms with van der Waals surface area (Å²) in [6, 6.07) is 0. The van der Waals surface area contributed by atoms with Gasteiger partial charge in [-0.1, -0.05) is 0 Å². The third-order valence-corrected chi connectivity index (χ3v) is 3.29. The van der Waals surface area contributed by atoms with Crippen LogP contribution in [0.2, 0.25) is 0 Å². The van der Waals surface area contributed by atoms with Crippen LogP contribution in [0.25, 0.3) is 6.20 Å². The van der Waals surface area contributed by atoms with Crippen molar-refractivity contribution in [2.24, 2.45) is 0 Å². The number of ether oxygens (including phenoxy) is 1. The number of nitrogens with two attached hydrogens (primary N) is 1. The van der Waals surface area contributed by atoms with Crippen molar-refractivity contribution in [1.29, 1.82) is 0 Å². The molecule has 0 bridgehead atoms. The largest absolute Gasteiger partial charge is 0.478 e. The van der Waals surface area contributed by atoms with Crippen molar-refractivity contribution < 1.29 is 34.5 Å². The summed E-state index contributed by atoms with van der Waals surface area (Å²) in [6.45, 7) is -0.527. The highest BCUT2D eigenvalue weighted by molar-refractivity contribution is 5.82. The molecule has 0 saturated carbocycles. The lowest BCUT2D eigenvalue weighted by atomic mass is 10.0. The first-order chi connectivity index (χ1) is 10.3. The van der Waals surface area contributed by atoms with Crippen molar-refractivity contribution in [2.75, 3.05) is 12.3 Å². The Morgan fingerprint density at radius 1 is 1.45 bits per heavy atom. The number of carboxylic acids is 1. The van der Waals surface area contributed by atoms with Crippen LogP contribution in [0.5, 0.6) is 0 Å². The van der Waals surface area contributed by atoms with Crippen LogP contribution < -0.4 is 15.9 Å². The van der Waals surface area contributed by atoms with Crippen molar-refractivity contribution >= 4 is 18.1 Å². The molecule has 1 aliphatic rings. The molecule has 7 N–H and O–H groups in total. The highest BCUT2D eigenvalue weighted by Gasteiger charge is 2.44. The summed E-state index contributed by atoms with van der Waals surface area (Å²) in [7, 11) is 0. The maximum atomic E-state index is 11.9. The molecule has 1 aliphatic heterocycles. The molecule has 1 aromatic heterocycles. The monoisotopic (exact) mass is 314 g/mol. The summed E-state index contributed by atoms with van der Waals surface area (Å²) < 4.78 is 6.38. The minimum Gasteiger partial charge on any atom is -0.478 e. The number of rotatable bonds is 4. The van der Waals surface area contributed by atoms with E-state index in [1.165, 1.54) is 6.20 Å². The Kier molecular flexibility index (Phi) is 4.56. The Bertz CT molecular complexity index is 657. The van der Waals surface area contributed by atoms with Gasteiger partial charge in [0.05, 0.1) is 30.6 Å². The number of anilines is 1. The van der Waals surface area contributed by atoms with E-state index < -0.39 is 42.6 Å². The van der Waals surface area contributed by atoms with Crippen molar-refractivity contribution in [3.63, 3.8) is 0 Å². The second kappa shape index (κ2) is 6.23. The van der Waals surface area contributed by atoms with Crippen LogP contribution in [-0.4, -0.2) is 56.3 Å². The molecule has 0 amide bonds. The average molecular weight is 314 g/mol. The molecule has 2 rings (SSSR count). The summed E-state index contributed by atoms with van der Waals surface area (Å²) >= 11 is 0. The van der Waals surface area contributed by atoms with Crippen LogP contribution in [0.4, 0.5) is 5.95 Å². The summed E-state index contributed by atoms with van der Waals surface area (Å²) in [5.41, 5.74) is 4.84. The van der Waals surface area contributed by atoms with Crippen LogP contribution in [0, 0.1) is 0 Å². The maximum absolute atomic E-state index is 11.9. The minimum atomic E-state index is -1.42. The van der Waals surface area contributed by atoms with E-state index in [4.69, 9.17) is 20.7 Å². The number of nitrogens with zero attached hydrogens (tertiary/aromatic N) is 1. The van der Waals surface area contributed by atoms with E-state index in [0.29, 0.717) is 0 Å². The molecule has 0 aromatic carbocycles. The number of nitrogens with one attached hydrogen (secondary N) is 1. The van der Waals surface area contributed by atoms with Crippen LogP contribution >= 0.6 is 0 Å². The van der Waals surface area contributed by atoms with Crippen LogP contribution in [-0.2, 0) is 9.53 Å². The number of H-pyrrole nitrogens is 1. The molecule has 10 nitrogen and oxygen atoms in total. The van der Waals surface area contributed by atoms with Gasteiger partial charge in [0, 0.05) is 0 Å². The molecule has 1 saturated heterocycles. The van der Waals surface area contributed by atoms with Crippen molar-refractivity contribution in [3.05, 3.63) is 28.2 Å². The molecule has 120 valence electrons. The fraction of sp³-hybridized carbons (Fsp3) is 0.417. The van der Waals surface area contributed by atoms with E-state index in [1.54, 1.807) is 0 Å². The molecule has 1 aromatic rings. The molecular weight excluding hydrogens is 298 g/mol. The zero-order valence-electron chi connectivity index (χ0n) is 11.3. The third-order valence-electron chi connectivity index (χ3n) is 3.29. The van der Waals surface area contributed by atoms with Gasteiger partial charge < -0.3 is 25.2 Å². The molecule has 4 atom stereocenters. The molecule has 22 heavy (non-hydrogen) atoms. The predicted molar refractivity (Wildman–Crippen MR) is 71.3 cm³/mol. The van der Waals surface area contributed by atoms with E-state index in [2.05, 4.69) is 4.98 Å². The van der Waals surface area contributed by atoms with Crippen molar-refractivity contribution in [3.8, 4) is 0 Å². The lowest BCUT2D eigenvalue weighted by molar-refractivity contribution is -0.556. The first kappa shape index (κ1) is 16.1. The van der Waals surface area contributed by atoms with Gasteiger partial charge in [0.2, 0.25) is 0 Å². The molecule has 1 fully saturated rings. The minimum absolute atomic E-state index is 0.0632. The number of aromatic amines is 1. The zero-order chi connectivity index (χ0) is 16.4. The SMILES string of the molecule is Nc1[nH]c(=O)c(C2OC(CO)C(O)C2O)c[n+]1/C=C/C(=O)O. The first-order valence-corrected chi connectivity index (χ1v) is 6.32. The van der Waals surface area contributed by atoms with E-state index in [-0.39, 0.29) is 11.5 Å². The fourth-order valence-electron chi connectivity index (χ4n) is 2.16. The van der Waals surface area contributed by atoms with Crippen LogP contribution in [0.15, 0.2) is 17.1 Å². The topological polar surface area (TPSA) is 170 Å². The van der Waals surface area contributed by atoms with Gasteiger partial charge in [0.1, 0.15) is 24.4 Å². The number of carbonyl (C=O) groups is 1. The Morgan fingerprint density at radius 2 is 2.14 bits per heavy atom. The second-order valence-electron chi connectivity index (χ2n) is 4.74. The van der Waals surface area contributed by atoms with Gasteiger partial charge in [-0.15, -0.1) is 0 Å². The number of aliphatic hydroxyl groups excluding tert-OH is 3. The third kappa shape index (κ3) is 2.99. The number of hydrogen-bond acceptors (Lipinski definition) is 7. The molecule has 4 unspecified atom stereocenters. The average Bonchev–Trinajstić information content (AvgIpc) is 2.74. The number of aliphatic hydroxyl groups is 3. The normalized spacial score (nSPS) is 28.3. The number of aromatic nitrogens is 2. The Labute approximate surface area is 123 Å². The number of hydrogen-bond donors (Lipinski definition) is 6. The summed E-state index contributed by atoms with van der Waals surface area (Å²) in [5.74, 6) is -1.34. The van der Waals surface area contributed by atoms with Crippen molar-refractivity contribution in [2.45, 2.75) is 24.4 Å². The maximum Gasteiger partial charge on any atom is 0.360 e. The van der Waals surface area contributed by atoms with Gasteiger partial charge in [-0.2, -0.15) is 0 Å². The van der Waals surface area contributed by atoms with Gasteiger partial charge in [-0.25, -0.2) is 14.3 Å². The quantitative estimate of drug-likeness (QED) is 0.251. The van der Waals surface area contributed by atoms with Crippen LogP contribution in [0.3, 0.4) is 0 Å². The summed E-state index contributed by atoms with van der Waals surface area (Å²) in [5, 5.41) is 37.3. The Morgan fingerprint density at radius 3 is 2.68 bits per heavy atom. The molecule has 0 radical (unpaired) electrons. The number of carboxylic acid groups (broad SMARTS) is 1. The number of nitrogen functional groups attached to an aromatic ring is 1. The highest BCUT2D eigenvalue weighted by atomic mass is 16.6. The molecule has 2 heterocycles. The van der Waals surface area contributed by atoms with E-state index in [1.807, 2.05) is 0 Å². The zero-order valence-corrected chi connectivity index (χ0v) is 11.3. The summed E-state index contributed by atoms with van der Waals surface area (Å²) in [6.07, 6.45) is -1.89. The van der Waals surface area contributed by atoms with Gasteiger partial charge in [0.15, 0.2) is 0 Å². The smallest absolute Gasteiger partial charge is 0.360 e. The standard InChI is InChI=1S/C12H15N3O7/c13-12-14-11(21)5(3-15(12)2-1-7(17)18)10-9(20)8(19)6(4-16)22-10/h1-3,6,8-10,16,19-20H,4H2,(H3,13,14,17,18,21)/p+1/b2-1+. The first-order valence-electron chi connectivity index (χ1n) is 6.32. The summed E-state index contributed by atoms with van der Waals surface area (Å²) in [4.78, 5) is 24.8. The van der Waals surface area contributed by atoms with E-state index >= 15 is 0 Å². The molecule has 0 spiro atoms. The Hall–Kier alpha value is -2.27. The Balaban J connectivity index is 2.41. The van der Waals surface area contributed by atoms with E-state index in [0.717, 1.165) is 16.8 Å². The molecule has 0 aliphatic carbocycles. The lowest BCUT2D eigenvalue weighted by Crippen LogP contribution is -2.39. The fourth-order valence-corrected chi connectivity index (χ4v) is 2.16. The predicted octanol–water partition coefficient (Wildman–Crippen LogP) is -3.05. The van der Waals surface area contributed by atoms with Gasteiger partial charge >= 0.3 is 17.5 Å². The highest BCUT2D eigenvalue weighted by Crippen LogP contribution is 2.31. The van der Waals surface area contributed by atoms with Gasteiger partial charge in [-0.05, 0) is 0 Å².